The predicted octanol–water partition coefficient (Wildman–Crippen LogP) is 2.87. The Bertz CT molecular complexity index is 427. The van der Waals surface area contributed by atoms with Crippen LogP contribution in [0.5, 0.6) is 11.5 Å². The van der Waals surface area contributed by atoms with Gasteiger partial charge in [0.2, 0.25) is 0 Å². The molecule has 1 rings (SSSR count). The Morgan fingerprint density at radius 2 is 1.89 bits per heavy atom. The van der Waals surface area contributed by atoms with E-state index in [-0.39, 0.29) is 11.9 Å². The first-order valence-corrected chi connectivity index (χ1v) is 6.55. The van der Waals surface area contributed by atoms with Crippen LogP contribution in [0.2, 0.25) is 0 Å². The molecule has 0 bridgehead atoms. The van der Waals surface area contributed by atoms with E-state index in [0.29, 0.717) is 29.6 Å². The summed E-state index contributed by atoms with van der Waals surface area (Å²) in [5.41, 5.74) is 0.572. The molecule has 0 spiro atoms. The van der Waals surface area contributed by atoms with Gasteiger partial charge in [0.15, 0.2) is 11.5 Å². The van der Waals surface area contributed by atoms with Gasteiger partial charge < -0.3 is 14.8 Å². The second kappa shape index (κ2) is 7.02. The van der Waals surface area contributed by atoms with E-state index in [2.05, 4.69) is 19.2 Å². The summed E-state index contributed by atoms with van der Waals surface area (Å²) in [5, 5.41) is 2.84. The molecule has 0 aromatic heterocycles. The van der Waals surface area contributed by atoms with E-state index in [1.807, 2.05) is 13.8 Å². The number of nitrogens with one attached hydrogen (secondary N) is 1. The van der Waals surface area contributed by atoms with Gasteiger partial charge in [0, 0.05) is 11.6 Å². The van der Waals surface area contributed by atoms with Gasteiger partial charge in [-0.15, -0.1) is 0 Å². The van der Waals surface area contributed by atoms with Crippen molar-refractivity contribution < 1.29 is 14.3 Å². The smallest absolute Gasteiger partial charge is 0.251 e. The molecule has 1 aromatic rings. The van der Waals surface area contributed by atoms with Crippen LogP contribution in [0, 0.1) is 5.92 Å². The first kappa shape index (κ1) is 15.3. The summed E-state index contributed by atoms with van der Waals surface area (Å²) in [6.07, 6.45) is 0. The van der Waals surface area contributed by atoms with Gasteiger partial charge in [-0.3, -0.25) is 4.79 Å². The normalized spacial score (nSPS) is 10.7. The fraction of sp³-hybridized carbons (Fsp3) is 0.533. The Morgan fingerprint density at radius 3 is 2.42 bits per heavy atom. The summed E-state index contributed by atoms with van der Waals surface area (Å²) >= 11 is 0. The van der Waals surface area contributed by atoms with E-state index in [9.17, 15) is 4.79 Å². The number of methoxy groups -OCH3 is 1. The number of benzene rings is 1. The minimum absolute atomic E-state index is 0.107. The lowest BCUT2D eigenvalue weighted by molar-refractivity contribution is 0.0942. The zero-order chi connectivity index (χ0) is 14.4. The molecule has 19 heavy (non-hydrogen) atoms. The molecule has 4 heteroatoms. The number of ether oxygens (including phenoxy) is 2. The van der Waals surface area contributed by atoms with Crippen molar-refractivity contribution in [1.29, 1.82) is 0 Å². The lowest BCUT2D eigenvalue weighted by Crippen LogP contribution is -2.30. The molecule has 0 saturated carbocycles. The number of carbonyl (C=O) groups is 1. The largest absolute Gasteiger partial charge is 0.493 e. The van der Waals surface area contributed by atoms with Crippen LogP contribution < -0.4 is 14.8 Å². The zero-order valence-electron chi connectivity index (χ0n) is 12.3. The lowest BCUT2D eigenvalue weighted by atomic mass is 10.1. The molecule has 106 valence electrons. The van der Waals surface area contributed by atoms with Crippen LogP contribution >= 0.6 is 0 Å². The second-order valence-electron chi connectivity index (χ2n) is 5.20. The van der Waals surface area contributed by atoms with E-state index in [0.717, 1.165) is 0 Å². The molecular formula is C15H23NO3. The first-order valence-electron chi connectivity index (χ1n) is 6.55. The van der Waals surface area contributed by atoms with Crippen LogP contribution in [0.15, 0.2) is 18.2 Å². The van der Waals surface area contributed by atoms with Gasteiger partial charge >= 0.3 is 0 Å². The van der Waals surface area contributed by atoms with Crippen molar-refractivity contribution in [3.05, 3.63) is 23.8 Å². The minimum Gasteiger partial charge on any atom is -0.493 e. The number of carbonyl (C=O) groups excluding carboxylic acids is 1. The summed E-state index contributed by atoms with van der Waals surface area (Å²) in [6.45, 7) is 8.63. The van der Waals surface area contributed by atoms with Gasteiger partial charge in [0.1, 0.15) is 0 Å². The van der Waals surface area contributed by atoms with Crippen molar-refractivity contribution in [2.75, 3.05) is 13.7 Å². The predicted molar refractivity (Wildman–Crippen MR) is 75.9 cm³/mol. The van der Waals surface area contributed by atoms with Crippen molar-refractivity contribution in [2.45, 2.75) is 33.7 Å². The standard InChI is InChI=1S/C15H23NO3/c1-10(2)9-19-13-7-6-12(8-14(13)18-5)15(17)16-11(3)4/h6-8,10-11H,9H2,1-5H3,(H,16,17). The van der Waals surface area contributed by atoms with E-state index in [4.69, 9.17) is 9.47 Å². The van der Waals surface area contributed by atoms with Gasteiger partial charge in [-0.05, 0) is 38.0 Å². The highest BCUT2D eigenvalue weighted by molar-refractivity contribution is 5.95. The fourth-order valence-electron chi connectivity index (χ4n) is 1.53. The van der Waals surface area contributed by atoms with Gasteiger partial charge in [-0.25, -0.2) is 0 Å². The van der Waals surface area contributed by atoms with Gasteiger partial charge in [0.25, 0.3) is 5.91 Å². The van der Waals surface area contributed by atoms with Crippen LogP contribution in [0.25, 0.3) is 0 Å². The average Bonchev–Trinajstić information content (AvgIpc) is 2.35. The molecule has 0 aliphatic heterocycles. The van der Waals surface area contributed by atoms with Crippen molar-refractivity contribution in [3.63, 3.8) is 0 Å². The summed E-state index contributed by atoms with van der Waals surface area (Å²) < 4.78 is 10.9. The van der Waals surface area contributed by atoms with Crippen molar-refractivity contribution in [2.24, 2.45) is 5.92 Å². The maximum Gasteiger partial charge on any atom is 0.251 e. The molecule has 0 radical (unpaired) electrons. The monoisotopic (exact) mass is 265 g/mol. The first-order chi connectivity index (χ1) is 8.93. The molecule has 1 N–H and O–H groups in total. The molecule has 1 amide bonds. The highest BCUT2D eigenvalue weighted by atomic mass is 16.5. The molecule has 0 saturated heterocycles. The third kappa shape index (κ3) is 4.81. The Morgan fingerprint density at radius 1 is 1.21 bits per heavy atom. The molecule has 0 aliphatic carbocycles. The maximum absolute atomic E-state index is 11.9. The Labute approximate surface area is 115 Å². The van der Waals surface area contributed by atoms with Crippen molar-refractivity contribution in [3.8, 4) is 11.5 Å². The van der Waals surface area contributed by atoms with Gasteiger partial charge in [0.05, 0.1) is 13.7 Å². The molecular weight excluding hydrogens is 242 g/mol. The Kier molecular flexibility index (Phi) is 5.67. The Hall–Kier alpha value is -1.71. The number of hydrogen-bond donors (Lipinski definition) is 1. The highest BCUT2D eigenvalue weighted by Gasteiger charge is 2.12. The van der Waals surface area contributed by atoms with E-state index >= 15 is 0 Å². The Balaban J connectivity index is 2.86. The van der Waals surface area contributed by atoms with Crippen molar-refractivity contribution >= 4 is 5.91 Å². The van der Waals surface area contributed by atoms with E-state index < -0.39 is 0 Å². The van der Waals surface area contributed by atoms with Crippen LogP contribution in [-0.2, 0) is 0 Å². The van der Waals surface area contributed by atoms with Crippen LogP contribution in [0.3, 0.4) is 0 Å². The average molecular weight is 265 g/mol. The lowest BCUT2D eigenvalue weighted by Gasteiger charge is -2.14. The zero-order valence-corrected chi connectivity index (χ0v) is 12.3. The number of rotatable bonds is 6. The molecule has 0 aliphatic rings. The quantitative estimate of drug-likeness (QED) is 0.860. The van der Waals surface area contributed by atoms with Gasteiger partial charge in [-0.1, -0.05) is 13.8 Å². The summed E-state index contributed by atoms with van der Waals surface area (Å²) in [5.74, 6) is 1.58. The van der Waals surface area contributed by atoms with E-state index in [1.54, 1.807) is 25.3 Å². The van der Waals surface area contributed by atoms with Crippen LogP contribution in [0.4, 0.5) is 0 Å². The topological polar surface area (TPSA) is 47.6 Å². The molecule has 0 fully saturated rings. The third-order valence-electron chi connectivity index (χ3n) is 2.42. The number of amides is 1. The van der Waals surface area contributed by atoms with Crippen LogP contribution in [0.1, 0.15) is 38.1 Å². The van der Waals surface area contributed by atoms with Crippen LogP contribution in [-0.4, -0.2) is 25.7 Å². The SMILES string of the molecule is COc1cc(C(=O)NC(C)C)ccc1OCC(C)C. The molecule has 0 heterocycles. The van der Waals surface area contributed by atoms with E-state index in [1.165, 1.54) is 0 Å². The third-order valence-corrected chi connectivity index (χ3v) is 2.42. The van der Waals surface area contributed by atoms with Crippen molar-refractivity contribution in [1.82, 2.24) is 5.32 Å². The summed E-state index contributed by atoms with van der Waals surface area (Å²) in [7, 11) is 1.57. The second-order valence-corrected chi connectivity index (χ2v) is 5.20. The summed E-state index contributed by atoms with van der Waals surface area (Å²) in [6, 6.07) is 5.33. The molecule has 0 atom stereocenters. The van der Waals surface area contributed by atoms with Gasteiger partial charge in [-0.2, -0.15) is 0 Å². The number of hydrogen-bond acceptors (Lipinski definition) is 3. The molecule has 0 unspecified atom stereocenters. The maximum atomic E-state index is 11.9. The highest BCUT2D eigenvalue weighted by Crippen LogP contribution is 2.28. The molecule has 1 aromatic carbocycles. The fourth-order valence-corrected chi connectivity index (χ4v) is 1.53. The molecule has 4 nitrogen and oxygen atoms in total. The minimum atomic E-state index is -0.108. The summed E-state index contributed by atoms with van der Waals surface area (Å²) in [4.78, 5) is 11.9.